The van der Waals surface area contributed by atoms with Crippen LogP contribution in [0.15, 0.2) is 6.20 Å². The molecule has 0 aromatic carbocycles. The molecule has 0 bridgehead atoms. The molecule has 0 radical (unpaired) electrons. The van der Waals surface area contributed by atoms with Crippen molar-refractivity contribution in [2.24, 2.45) is 5.92 Å². The highest BCUT2D eigenvalue weighted by Gasteiger charge is 2.28. The van der Waals surface area contributed by atoms with Gasteiger partial charge in [-0.2, -0.15) is 0 Å². The lowest BCUT2D eigenvalue weighted by Crippen LogP contribution is -2.43. The van der Waals surface area contributed by atoms with Crippen LogP contribution in [-0.4, -0.2) is 52.0 Å². The van der Waals surface area contributed by atoms with E-state index in [0.717, 1.165) is 26.2 Å². The first-order valence-corrected chi connectivity index (χ1v) is 6.69. The van der Waals surface area contributed by atoms with Crippen molar-refractivity contribution in [3.63, 3.8) is 0 Å². The second kappa shape index (κ2) is 4.68. The molecule has 1 amide bonds. The third-order valence-electron chi connectivity index (χ3n) is 3.71. The summed E-state index contributed by atoms with van der Waals surface area (Å²) in [5.74, 6) is 0.725. The van der Waals surface area contributed by atoms with Gasteiger partial charge in [0, 0.05) is 26.2 Å². The molecule has 1 aromatic heterocycles. The van der Waals surface area contributed by atoms with Crippen LogP contribution in [-0.2, 0) is 0 Å². The molecule has 1 saturated heterocycles. The minimum atomic E-state index is 0.0166. The highest BCUT2D eigenvalue weighted by atomic mass is 16.2. The highest BCUT2D eigenvalue weighted by molar-refractivity contribution is 5.91. The Bertz CT molecular complexity index is 435. The van der Waals surface area contributed by atoms with Crippen molar-refractivity contribution in [1.29, 1.82) is 0 Å². The van der Waals surface area contributed by atoms with E-state index in [4.69, 9.17) is 0 Å². The number of rotatable bonds is 5. The number of carbonyl (C=O) groups is 1. The second-order valence-electron chi connectivity index (χ2n) is 5.18. The fourth-order valence-electron chi connectivity index (χ4n) is 2.14. The first-order chi connectivity index (χ1) is 8.78. The summed E-state index contributed by atoms with van der Waals surface area (Å²) in [6.07, 6.45) is 4.29. The van der Waals surface area contributed by atoms with E-state index in [-0.39, 0.29) is 5.91 Å². The van der Waals surface area contributed by atoms with Crippen LogP contribution >= 0.6 is 0 Å². The van der Waals surface area contributed by atoms with E-state index in [1.165, 1.54) is 12.8 Å². The molecule has 3 rings (SSSR count). The molecule has 2 heterocycles. The third kappa shape index (κ3) is 2.25. The monoisotopic (exact) mass is 249 g/mol. The maximum absolute atomic E-state index is 12.3. The molecule has 1 aromatic rings. The Kier molecular flexibility index (Phi) is 3.03. The van der Waals surface area contributed by atoms with Gasteiger partial charge in [0.05, 0.1) is 12.2 Å². The van der Waals surface area contributed by atoms with Gasteiger partial charge < -0.3 is 10.2 Å². The van der Waals surface area contributed by atoms with E-state index >= 15 is 0 Å². The average molecular weight is 249 g/mol. The number of carbonyl (C=O) groups excluding carboxylic acids is 1. The smallest absolute Gasteiger partial charge is 0.276 e. The van der Waals surface area contributed by atoms with Crippen molar-refractivity contribution < 1.29 is 4.79 Å². The molecule has 1 aliphatic carbocycles. The van der Waals surface area contributed by atoms with Crippen LogP contribution in [0.2, 0.25) is 0 Å². The Labute approximate surface area is 106 Å². The van der Waals surface area contributed by atoms with Gasteiger partial charge >= 0.3 is 0 Å². The molecule has 6 nitrogen and oxygen atoms in total. The topological polar surface area (TPSA) is 63.1 Å². The summed E-state index contributed by atoms with van der Waals surface area (Å²) in [5.41, 5.74) is 0.476. The van der Waals surface area contributed by atoms with Gasteiger partial charge in [-0.05, 0) is 25.7 Å². The Morgan fingerprint density at radius 2 is 2.33 bits per heavy atom. The van der Waals surface area contributed by atoms with Crippen molar-refractivity contribution in [3.05, 3.63) is 11.9 Å². The Balaban J connectivity index is 1.67. The zero-order chi connectivity index (χ0) is 12.5. The molecule has 0 spiro atoms. The summed E-state index contributed by atoms with van der Waals surface area (Å²) in [7, 11) is 0. The quantitative estimate of drug-likeness (QED) is 0.815. The predicted molar refractivity (Wildman–Crippen MR) is 66.2 cm³/mol. The maximum atomic E-state index is 12.3. The van der Waals surface area contributed by atoms with Gasteiger partial charge in [-0.25, -0.2) is 4.68 Å². The van der Waals surface area contributed by atoms with Crippen LogP contribution < -0.4 is 5.32 Å². The lowest BCUT2D eigenvalue weighted by molar-refractivity contribution is 0.0751. The van der Waals surface area contributed by atoms with Gasteiger partial charge in [0.15, 0.2) is 5.69 Å². The largest absolute Gasteiger partial charge is 0.337 e. The van der Waals surface area contributed by atoms with Gasteiger partial charge in [0.25, 0.3) is 5.91 Å². The third-order valence-corrected chi connectivity index (χ3v) is 3.71. The number of hydrogen-bond donors (Lipinski definition) is 1. The standard InChI is InChI=1S/C12H19N5O/c1-2-16(7-9-3-4-9)12(18)11-8-17(15-14-11)10-5-13-6-10/h8-10,13H,2-7H2,1H3. The molecule has 1 aliphatic heterocycles. The number of nitrogens with zero attached hydrogens (tertiary/aromatic N) is 4. The van der Waals surface area contributed by atoms with Gasteiger partial charge in [-0.15, -0.1) is 5.10 Å². The van der Waals surface area contributed by atoms with Crippen LogP contribution in [0, 0.1) is 5.92 Å². The second-order valence-corrected chi connectivity index (χ2v) is 5.18. The van der Waals surface area contributed by atoms with Crippen LogP contribution in [0.1, 0.15) is 36.3 Å². The van der Waals surface area contributed by atoms with E-state index in [1.54, 1.807) is 10.9 Å². The van der Waals surface area contributed by atoms with Crippen LogP contribution in [0.25, 0.3) is 0 Å². The minimum Gasteiger partial charge on any atom is -0.337 e. The molecule has 6 heteroatoms. The van der Waals surface area contributed by atoms with Crippen molar-refractivity contribution in [1.82, 2.24) is 25.2 Å². The first-order valence-electron chi connectivity index (χ1n) is 6.69. The summed E-state index contributed by atoms with van der Waals surface area (Å²) in [5, 5.41) is 11.2. The Morgan fingerprint density at radius 1 is 1.56 bits per heavy atom. The lowest BCUT2D eigenvalue weighted by Gasteiger charge is -2.26. The SMILES string of the molecule is CCN(CC1CC1)C(=O)c1cn(C2CNC2)nn1. The zero-order valence-electron chi connectivity index (χ0n) is 10.7. The summed E-state index contributed by atoms with van der Waals surface area (Å²) in [6, 6.07) is 0.359. The van der Waals surface area contributed by atoms with E-state index in [2.05, 4.69) is 15.6 Å². The summed E-state index contributed by atoms with van der Waals surface area (Å²) < 4.78 is 1.80. The maximum Gasteiger partial charge on any atom is 0.276 e. The molecule has 2 aliphatic rings. The summed E-state index contributed by atoms with van der Waals surface area (Å²) >= 11 is 0. The number of nitrogens with one attached hydrogen (secondary N) is 1. The normalized spacial score (nSPS) is 19.6. The number of aromatic nitrogens is 3. The molecule has 18 heavy (non-hydrogen) atoms. The predicted octanol–water partition coefficient (Wildman–Crippen LogP) is 0.295. The molecule has 0 atom stereocenters. The van der Waals surface area contributed by atoms with Crippen molar-refractivity contribution in [3.8, 4) is 0 Å². The molecule has 0 unspecified atom stereocenters. The van der Waals surface area contributed by atoms with Gasteiger partial charge in [0.1, 0.15) is 0 Å². The van der Waals surface area contributed by atoms with Crippen molar-refractivity contribution in [2.45, 2.75) is 25.8 Å². The van der Waals surface area contributed by atoms with Gasteiger partial charge in [-0.3, -0.25) is 4.79 Å². The molecular formula is C12H19N5O. The van der Waals surface area contributed by atoms with Gasteiger partial charge in [0.2, 0.25) is 0 Å². The lowest BCUT2D eigenvalue weighted by atomic mass is 10.2. The zero-order valence-corrected chi connectivity index (χ0v) is 10.7. The fraction of sp³-hybridized carbons (Fsp3) is 0.750. The summed E-state index contributed by atoms with van der Waals surface area (Å²) in [6.45, 7) is 5.45. The van der Waals surface area contributed by atoms with E-state index < -0.39 is 0 Å². The number of amides is 1. The average Bonchev–Trinajstić information content (AvgIpc) is 3.00. The van der Waals surface area contributed by atoms with Crippen LogP contribution in [0.3, 0.4) is 0 Å². The first kappa shape index (κ1) is 11.6. The van der Waals surface area contributed by atoms with E-state index in [9.17, 15) is 4.79 Å². The highest BCUT2D eigenvalue weighted by Crippen LogP contribution is 2.30. The van der Waals surface area contributed by atoms with Crippen LogP contribution in [0.5, 0.6) is 0 Å². The molecule has 98 valence electrons. The van der Waals surface area contributed by atoms with E-state index in [1.807, 2.05) is 11.8 Å². The van der Waals surface area contributed by atoms with Crippen molar-refractivity contribution >= 4 is 5.91 Å². The Hall–Kier alpha value is -1.43. The van der Waals surface area contributed by atoms with Crippen molar-refractivity contribution in [2.75, 3.05) is 26.2 Å². The van der Waals surface area contributed by atoms with Gasteiger partial charge in [-0.1, -0.05) is 5.21 Å². The molecule has 1 saturated carbocycles. The fourth-order valence-corrected chi connectivity index (χ4v) is 2.14. The Morgan fingerprint density at radius 3 is 2.89 bits per heavy atom. The van der Waals surface area contributed by atoms with E-state index in [0.29, 0.717) is 17.7 Å². The molecular weight excluding hydrogens is 230 g/mol. The number of hydrogen-bond acceptors (Lipinski definition) is 4. The molecule has 2 fully saturated rings. The van der Waals surface area contributed by atoms with Crippen LogP contribution in [0.4, 0.5) is 0 Å². The minimum absolute atomic E-state index is 0.0166. The molecule has 1 N–H and O–H groups in total. The summed E-state index contributed by atoms with van der Waals surface area (Å²) in [4.78, 5) is 14.2.